The summed E-state index contributed by atoms with van der Waals surface area (Å²) in [5.74, 6) is -1.16. The molecule has 1 aliphatic rings. The molecule has 30 heavy (non-hydrogen) atoms. The molecule has 2 N–H and O–H groups in total. The minimum absolute atomic E-state index is 0.00636. The topological polar surface area (TPSA) is 114 Å². The van der Waals surface area contributed by atoms with Crippen LogP contribution >= 0.6 is 0 Å². The monoisotopic (exact) mass is 404 g/mol. The lowest BCUT2D eigenvalue weighted by Gasteiger charge is -2.40. The second-order valence-electron chi connectivity index (χ2n) is 7.16. The Kier molecular flexibility index (Phi) is 5.14. The first-order valence-corrected chi connectivity index (χ1v) is 9.49. The Balaban J connectivity index is 1.56. The highest BCUT2D eigenvalue weighted by Crippen LogP contribution is 2.45. The fourth-order valence-electron chi connectivity index (χ4n) is 3.62. The average molecular weight is 404 g/mol. The summed E-state index contributed by atoms with van der Waals surface area (Å²) in [5, 5.41) is 12.0. The lowest BCUT2D eigenvalue weighted by molar-refractivity contribution is -0.124. The number of amides is 1. The van der Waals surface area contributed by atoms with Gasteiger partial charge in [0.05, 0.1) is 30.6 Å². The molecular formula is C22H20N4O4. The molecule has 0 radical (unpaired) electrons. The first kappa shape index (κ1) is 19.5. The third-order valence-electron chi connectivity index (χ3n) is 5.46. The molecule has 8 nitrogen and oxygen atoms in total. The van der Waals surface area contributed by atoms with Crippen LogP contribution in [0.4, 0.5) is 5.69 Å². The van der Waals surface area contributed by atoms with Gasteiger partial charge < -0.3 is 15.2 Å². The van der Waals surface area contributed by atoms with Crippen LogP contribution < -0.4 is 10.1 Å². The number of ether oxygens (including phenoxy) is 1. The number of carbonyl (C=O) groups is 2. The number of hydrogen-bond donors (Lipinski definition) is 2. The van der Waals surface area contributed by atoms with Crippen molar-refractivity contribution in [3.05, 3.63) is 66.2 Å². The normalized spacial score (nSPS) is 14.4. The van der Waals surface area contributed by atoms with E-state index in [4.69, 9.17) is 9.84 Å². The third-order valence-corrected chi connectivity index (χ3v) is 5.46. The molecular weight excluding hydrogens is 384 g/mol. The van der Waals surface area contributed by atoms with Crippen LogP contribution in [-0.4, -0.2) is 39.0 Å². The lowest BCUT2D eigenvalue weighted by Crippen LogP contribution is -2.46. The number of benzene rings is 1. The van der Waals surface area contributed by atoms with Gasteiger partial charge in [-0.05, 0) is 41.7 Å². The van der Waals surface area contributed by atoms with Crippen molar-refractivity contribution in [2.24, 2.45) is 0 Å². The molecule has 1 aromatic carbocycles. The SMILES string of the molecule is COc1ncc(NC(=O)C2(c3ccc(-c4ccnc(C(=O)O)c4)cc3)CCC2)cn1. The zero-order chi connectivity index (χ0) is 21.1. The molecule has 2 aromatic heterocycles. The van der Waals surface area contributed by atoms with E-state index in [9.17, 15) is 9.59 Å². The zero-order valence-electron chi connectivity index (χ0n) is 16.3. The maximum absolute atomic E-state index is 13.1. The van der Waals surface area contributed by atoms with Crippen LogP contribution in [-0.2, 0) is 10.2 Å². The van der Waals surface area contributed by atoms with Crippen molar-refractivity contribution in [3.63, 3.8) is 0 Å². The van der Waals surface area contributed by atoms with Crippen LogP contribution in [0.2, 0.25) is 0 Å². The summed E-state index contributed by atoms with van der Waals surface area (Å²) >= 11 is 0. The highest BCUT2D eigenvalue weighted by molar-refractivity contribution is 5.99. The number of aromatic carboxylic acids is 1. The molecule has 1 fully saturated rings. The fourth-order valence-corrected chi connectivity index (χ4v) is 3.62. The average Bonchev–Trinajstić information content (AvgIpc) is 2.74. The number of anilines is 1. The van der Waals surface area contributed by atoms with Crippen LogP contribution in [0.3, 0.4) is 0 Å². The van der Waals surface area contributed by atoms with Gasteiger partial charge in [0.25, 0.3) is 0 Å². The minimum atomic E-state index is -1.07. The van der Waals surface area contributed by atoms with Crippen molar-refractivity contribution in [3.8, 4) is 17.1 Å². The highest BCUT2D eigenvalue weighted by Gasteiger charge is 2.45. The van der Waals surface area contributed by atoms with Gasteiger partial charge in [-0.15, -0.1) is 0 Å². The predicted molar refractivity (Wildman–Crippen MR) is 109 cm³/mol. The summed E-state index contributed by atoms with van der Waals surface area (Å²) in [6.07, 6.45) is 7.00. The molecule has 4 rings (SSSR count). The van der Waals surface area contributed by atoms with Crippen molar-refractivity contribution in [2.45, 2.75) is 24.7 Å². The molecule has 8 heteroatoms. The largest absolute Gasteiger partial charge is 0.477 e. The van der Waals surface area contributed by atoms with E-state index in [0.29, 0.717) is 5.69 Å². The standard InChI is InChI=1S/C22H20N4O4/c1-30-21-24-12-17(13-25-21)26-20(29)22(8-2-9-22)16-5-3-14(4-6-16)15-7-10-23-18(11-15)19(27)28/h3-7,10-13H,2,8-9H2,1H3,(H,26,29)(H,27,28). The maximum atomic E-state index is 13.1. The summed E-state index contributed by atoms with van der Waals surface area (Å²) in [5.41, 5.74) is 2.47. The van der Waals surface area contributed by atoms with E-state index < -0.39 is 11.4 Å². The highest BCUT2D eigenvalue weighted by atomic mass is 16.5. The molecule has 0 aliphatic heterocycles. The quantitative estimate of drug-likeness (QED) is 0.648. The van der Waals surface area contributed by atoms with E-state index in [-0.39, 0.29) is 17.6 Å². The van der Waals surface area contributed by atoms with E-state index in [1.807, 2.05) is 24.3 Å². The van der Waals surface area contributed by atoms with E-state index in [0.717, 1.165) is 36.0 Å². The van der Waals surface area contributed by atoms with Gasteiger partial charge in [-0.2, -0.15) is 0 Å². The number of nitrogens with zero attached hydrogens (tertiary/aromatic N) is 3. The van der Waals surface area contributed by atoms with Gasteiger partial charge in [-0.25, -0.2) is 19.7 Å². The molecule has 0 unspecified atom stereocenters. The number of pyridine rings is 1. The molecule has 3 aromatic rings. The van der Waals surface area contributed by atoms with Gasteiger partial charge in [-0.1, -0.05) is 30.7 Å². The van der Waals surface area contributed by atoms with Crippen molar-refractivity contribution >= 4 is 17.6 Å². The van der Waals surface area contributed by atoms with Gasteiger partial charge in [0, 0.05) is 6.20 Å². The van der Waals surface area contributed by atoms with E-state index in [1.165, 1.54) is 31.8 Å². The number of hydrogen-bond acceptors (Lipinski definition) is 6. The van der Waals surface area contributed by atoms with Crippen molar-refractivity contribution in [2.75, 3.05) is 12.4 Å². The van der Waals surface area contributed by atoms with Gasteiger partial charge in [-0.3, -0.25) is 4.79 Å². The van der Waals surface area contributed by atoms with E-state index >= 15 is 0 Å². The van der Waals surface area contributed by atoms with E-state index in [2.05, 4.69) is 20.3 Å². The summed E-state index contributed by atoms with van der Waals surface area (Å²) in [4.78, 5) is 36.1. The molecule has 0 atom stereocenters. The summed E-state index contributed by atoms with van der Waals surface area (Å²) < 4.78 is 4.94. The van der Waals surface area contributed by atoms with Gasteiger partial charge >= 0.3 is 12.0 Å². The minimum Gasteiger partial charge on any atom is -0.477 e. The first-order chi connectivity index (χ1) is 14.5. The maximum Gasteiger partial charge on any atom is 0.354 e. The van der Waals surface area contributed by atoms with Crippen molar-refractivity contribution in [1.82, 2.24) is 15.0 Å². The smallest absolute Gasteiger partial charge is 0.354 e. The van der Waals surface area contributed by atoms with Crippen LogP contribution in [0.1, 0.15) is 35.3 Å². The number of carboxylic acids is 1. The summed E-state index contributed by atoms with van der Waals surface area (Å²) in [6, 6.07) is 11.2. The Morgan fingerprint density at radius 1 is 1.03 bits per heavy atom. The molecule has 1 amide bonds. The Bertz CT molecular complexity index is 1080. The predicted octanol–water partition coefficient (Wildman–Crippen LogP) is 3.31. The number of carbonyl (C=O) groups excluding carboxylic acids is 1. The van der Waals surface area contributed by atoms with Gasteiger partial charge in [0.1, 0.15) is 5.69 Å². The van der Waals surface area contributed by atoms with Crippen molar-refractivity contribution < 1.29 is 19.4 Å². The Morgan fingerprint density at radius 2 is 1.73 bits per heavy atom. The summed E-state index contributed by atoms with van der Waals surface area (Å²) in [7, 11) is 1.48. The first-order valence-electron chi connectivity index (χ1n) is 9.49. The number of carboxylic acid groups (broad SMARTS) is 1. The number of nitrogens with one attached hydrogen (secondary N) is 1. The number of rotatable bonds is 6. The molecule has 1 saturated carbocycles. The Hall–Kier alpha value is -3.81. The summed E-state index contributed by atoms with van der Waals surface area (Å²) in [6.45, 7) is 0. The van der Waals surface area contributed by atoms with Gasteiger partial charge in [0.15, 0.2) is 0 Å². The third kappa shape index (κ3) is 3.59. The van der Waals surface area contributed by atoms with Crippen LogP contribution in [0.25, 0.3) is 11.1 Å². The number of aromatic nitrogens is 3. The molecule has 0 spiro atoms. The Labute approximate surface area is 173 Å². The zero-order valence-corrected chi connectivity index (χ0v) is 16.3. The van der Waals surface area contributed by atoms with Crippen LogP contribution in [0.15, 0.2) is 55.0 Å². The molecule has 2 heterocycles. The molecule has 152 valence electrons. The lowest BCUT2D eigenvalue weighted by atomic mass is 9.63. The van der Waals surface area contributed by atoms with Gasteiger partial charge in [0.2, 0.25) is 5.91 Å². The fraction of sp³-hybridized carbons (Fsp3) is 0.227. The molecule has 0 saturated heterocycles. The Morgan fingerprint density at radius 3 is 2.30 bits per heavy atom. The second-order valence-corrected chi connectivity index (χ2v) is 7.16. The van der Waals surface area contributed by atoms with Crippen LogP contribution in [0, 0.1) is 0 Å². The number of methoxy groups -OCH3 is 1. The molecule has 1 aliphatic carbocycles. The van der Waals surface area contributed by atoms with E-state index in [1.54, 1.807) is 6.07 Å². The molecule has 0 bridgehead atoms. The van der Waals surface area contributed by atoms with Crippen molar-refractivity contribution in [1.29, 1.82) is 0 Å². The van der Waals surface area contributed by atoms with Crippen LogP contribution in [0.5, 0.6) is 6.01 Å². The second kappa shape index (κ2) is 7.90.